The Kier molecular flexibility index (Phi) is 3.92. The van der Waals surface area contributed by atoms with Crippen LogP contribution in [0.1, 0.15) is 41.7 Å². The van der Waals surface area contributed by atoms with Crippen LogP contribution < -0.4 is 11.1 Å². The first-order valence-electron chi connectivity index (χ1n) is 7.32. The van der Waals surface area contributed by atoms with E-state index < -0.39 is 0 Å². The first-order chi connectivity index (χ1) is 9.75. The molecule has 1 aromatic heterocycles. The lowest BCUT2D eigenvalue weighted by molar-refractivity contribution is 0.278. The molecule has 3 rings (SSSR count). The van der Waals surface area contributed by atoms with Crippen molar-refractivity contribution in [1.82, 2.24) is 5.32 Å². The van der Waals surface area contributed by atoms with Crippen LogP contribution in [-0.2, 0) is 12.1 Å². The summed E-state index contributed by atoms with van der Waals surface area (Å²) >= 11 is 1.80. The third kappa shape index (κ3) is 2.41. The summed E-state index contributed by atoms with van der Waals surface area (Å²) in [5, 5.41) is 5.88. The topological polar surface area (TPSA) is 38.0 Å². The number of benzene rings is 1. The lowest BCUT2D eigenvalue weighted by Crippen LogP contribution is -2.50. The summed E-state index contributed by atoms with van der Waals surface area (Å²) in [7, 11) is 0. The maximum atomic E-state index is 6.18. The first kappa shape index (κ1) is 13.8. The summed E-state index contributed by atoms with van der Waals surface area (Å²) in [6.45, 7) is 3.87. The molecule has 1 heterocycles. The first-order valence-corrected chi connectivity index (χ1v) is 8.20. The highest BCUT2D eigenvalue weighted by molar-refractivity contribution is 7.09. The Balaban J connectivity index is 1.90. The number of fused-ring (bicyclic) bond motifs is 1. The molecule has 0 amide bonds. The van der Waals surface area contributed by atoms with E-state index in [2.05, 4.69) is 54.0 Å². The van der Waals surface area contributed by atoms with Crippen molar-refractivity contribution in [3.63, 3.8) is 0 Å². The number of hydrogen-bond acceptors (Lipinski definition) is 3. The van der Waals surface area contributed by atoms with E-state index in [4.69, 9.17) is 5.73 Å². The van der Waals surface area contributed by atoms with Gasteiger partial charge in [0.2, 0.25) is 0 Å². The van der Waals surface area contributed by atoms with E-state index in [0.29, 0.717) is 12.5 Å². The van der Waals surface area contributed by atoms with Gasteiger partial charge in [-0.05, 0) is 41.3 Å². The van der Waals surface area contributed by atoms with Crippen molar-refractivity contribution in [2.45, 2.75) is 37.8 Å². The molecule has 0 saturated carbocycles. The second kappa shape index (κ2) is 5.68. The van der Waals surface area contributed by atoms with Gasteiger partial charge in [-0.3, -0.25) is 0 Å². The van der Waals surface area contributed by atoms with Crippen LogP contribution in [0.25, 0.3) is 0 Å². The quantitative estimate of drug-likeness (QED) is 0.901. The second-order valence-corrected chi connectivity index (χ2v) is 6.78. The zero-order valence-electron chi connectivity index (χ0n) is 11.9. The van der Waals surface area contributed by atoms with Crippen LogP contribution in [0.2, 0.25) is 0 Å². The number of hydrogen-bond donors (Lipinski definition) is 2. The highest BCUT2D eigenvalue weighted by Gasteiger charge is 2.37. The van der Waals surface area contributed by atoms with Crippen molar-refractivity contribution >= 4 is 11.3 Å². The zero-order chi connectivity index (χ0) is 14.0. The number of nitrogens with one attached hydrogen (secondary N) is 1. The van der Waals surface area contributed by atoms with Gasteiger partial charge in [-0.2, -0.15) is 0 Å². The Morgan fingerprint density at radius 2 is 2.15 bits per heavy atom. The molecule has 0 bridgehead atoms. The predicted octanol–water partition coefficient (Wildman–Crippen LogP) is 3.59. The smallest absolute Gasteiger partial charge is 0.0564 e. The van der Waals surface area contributed by atoms with Gasteiger partial charge >= 0.3 is 0 Å². The summed E-state index contributed by atoms with van der Waals surface area (Å²) < 4.78 is 0. The molecular weight excluding hydrogens is 264 g/mol. The lowest BCUT2D eigenvalue weighted by atomic mass is 9.72. The fourth-order valence-electron chi connectivity index (χ4n) is 3.25. The van der Waals surface area contributed by atoms with Crippen LogP contribution in [0.4, 0.5) is 0 Å². The summed E-state index contributed by atoms with van der Waals surface area (Å²) in [4.78, 5) is 1.37. The van der Waals surface area contributed by atoms with Crippen LogP contribution in [0, 0.1) is 0 Å². The Bertz CT molecular complexity index is 564. The second-order valence-electron chi connectivity index (χ2n) is 5.75. The minimum atomic E-state index is -0.0624. The summed E-state index contributed by atoms with van der Waals surface area (Å²) in [5.74, 6) is 0.634. The van der Waals surface area contributed by atoms with Crippen LogP contribution in [0.5, 0.6) is 0 Å². The van der Waals surface area contributed by atoms with Crippen LogP contribution in [-0.4, -0.2) is 6.54 Å². The minimum Gasteiger partial charge on any atom is -0.328 e. The normalized spacial score (nSPS) is 25.4. The molecule has 3 N–H and O–H groups in total. The van der Waals surface area contributed by atoms with Gasteiger partial charge in [0.25, 0.3) is 0 Å². The molecule has 0 aliphatic heterocycles. The van der Waals surface area contributed by atoms with Crippen LogP contribution >= 0.6 is 11.3 Å². The van der Waals surface area contributed by atoms with Gasteiger partial charge in [-0.1, -0.05) is 37.3 Å². The summed E-state index contributed by atoms with van der Waals surface area (Å²) in [5.41, 5.74) is 8.98. The number of rotatable bonds is 4. The average molecular weight is 286 g/mol. The van der Waals surface area contributed by atoms with Gasteiger partial charge < -0.3 is 11.1 Å². The van der Waals surface area contributed by atoms with E-state index in [0.717, 1.165) is 13.0 Å². The average Bonchev–Trinajstić information content (AvgIpc) is 3.01. The van der Waals surface area contributed by atoms with Crippen molar-refractivity contribution in [3.8, 4) is 0 Å². The van der Waals surface area contributed by atoms with Gasteiger partial charge in [0, 0.05) is 18.0 Å². The molecule has 2 aromatic rings. The summed E-state index contributed by atoms with van der Waals surface area (Å²) in [6.07, 6.45) is 2.32. The molecule has 0 saturated heterocycles. The SMILES string of the molecule is CC1CCC(CN)(NCc2cccs2)c2ccccc21. The standard InChI is InChI=1S/C17H22N2S/c1-13-8-9-17(12-18,16-7-3-2-6-15(13)16)19-11-14-5-4-10-20-14/h2-7,10,13,19H,8-9,11-12,18H2,1H3. The molecule has 2 atom stereocenters. The van der Waals surface area contributed by atoms with E-state index in [1.165, 1.54) is 22.4 Å². The molecule has 106 valence electrons. The van der Waals surface area contributed by atoms with E-state index >= 15 is 0 Å². The highest BCUT2D eigenvalue weighted by atomic mass is 32.1. The lowest BCUT2D eigenvalue weighted by Gasteiger charge is -2.41. The Labute approximate surface area is 125 Å². The Hall–Kier alpha value is -1.16. The molecule has 2 unspecified atom stereocenters. The Morgan fingerprint density at radius 3 is 2.90 bits per heavy atom. The fraction of sp³-hybridized carbons (Fsp3) is 0.412. The van der Waals surface area contributed by atoms with Gasteiger partial charge in [-0.15, -0.1) is 11.3 Å². The maximum Gasteiger partial charge on any atom is 0.0564 e. The predicted molar refractivity (Wildman–Crippen MR) is 86.0 cm³/mol. The van der Waals surface area contributed by atoms with Crippen LogP contribution in [0.15, 0.2) is 41.8 Å². The zero-order valence-corrected chi connectivity index (χ0v) is 12.7. The molecule has 0 radical (unpaired) electrons. The van der Waals surface area contributed by atoms with E-state index in [9.17, 15) is 0 Å². The van der Waals surface area contributed by atoms with Crippen molar-refractivity contribution in [3.05, 3.63) is 57.8 Å². The molecule has 20 heavy (non-hydrogen) atoms. The maximum absolute atomic E-state index is 6.18. The van der Waals surface area contributed by atoms with Crippen molar-refractivity contribution in [1.29, 1.82) is 0 Å². The minimum absolute atomic E-state index is 0.0624. The monoisotopic (exact) mass is 286 g/mol. The fourth-order valence-corrected chi connectivity index (χ4v) is 3.90. The number of thiophene rings is 1. The van der Waals surface area contributed by atoms with Gasteiger partial charge in [0.1, 0.15) is 0 Å². The van der Waals surface area contributed by atoms with Crippen LogP contribution in [0.3, 0.4) is 0 Å². The summed E-state index contributed by atoms with van der Waals surface area (Å²) in [6, 6.07) is 13.1. The molecule has 2 nitrogen and oxygen atoms in total. The Morgan fingerprint density at radius 1 is 1.30 bits per heavy atom. The van der Waals surface area contributed by atoms with Crippen molar-refractivity contribution in [2.24, 2.45) is 5.73 Å². The molecule has 1 aliphatic rings. The number of nitrogens with two attached hydrogens (primary N) is 1. The third-order valence-corrected chi connectivity index (χ3v) is 5.42. The highest BCUT2D eigenvalue weighted by Crippen LogP contribution is 2.40. The van der Waals surface area contributed by atoms with Crippen molar-refractivity contribution in [2.75, 3.05) is 6.54 Å². The van der Waals surface area contributed by atoms with Crippen molar-refractivity contribution < 1.29 is 0 Å². The third-order valence-electron chi connectivity index (χ3n) is 4.54. The molecule has 1 aliphatic carbocycles. The molecule has 0 spiro atoms. The van der Waals surface area contributed by atoms with Gasteiger partial charge in [0.15, 0.2) is 0 Å². The largest absolute Gasteiger partial charge is 0.328 e. The molecule has 1 aromatic carbocycles. The van der Waals surface area contributed by atoms with E-state index in [-0.39, 0.29) is 5.54 Å². The molecular formula is C17H22N2S. The van der Waals surface area contributed by atoms with E-state index in [1.54, 1.807) is 11.3 Å². The van der Waals surface area contributed by atoms with Gasteiger partial charge in [0.05, 0.1) is 5.54 Å². The molecule has 0 fully saturated rings. The van der Waals surface area contributed by atoms with Gasteiger partial charge in [-0.25, -0.2) is 0 Å². The van der Waals surface area contributed by atoms with E-state index in [1.807, 2.05) is 0 Å². The molecule has 3 heteroatoms.